The predicted molar refractivity (Wildman–Crippen MR) is 87.9 cm³/mol. The highest BCUT2D eigenvalue weighted by atomic mass is 16.3. The van der Waals surface area contributed by atoms with Crippen molar-refractivity contribution in [3.63, 3.8) is 0 Å². The van der Waals surface area contributed by atoms with Gasteiger partial charge in [0.15, 0.2) is 0 Å². The van der Waals surface area contributed by atoms with Crippen molar-refractivity contribution < 1.29 is 5.11 Å². The summed E-state index contributed by atoms with van der Waals surface area (Å²) in [6, 6.07) is 16.0. The van der Waals surface area contributed by atoms with Gasteiger partial charge in [-0.05, 0) is 30.3 Å². The van der Waals surface area contributed by atoms with Crippen LogP contribution < -0.4 is 4.90 Å². The van der Waals surface area contributed by atoms with Gasteiger partial charge in [-0.2, -0.15) is 0 Å². The Labute approximate surface area is 126 Å². The molecule has 0 aromatic heterocycles. The summed E-state index contributed by atoms with van der Waals surface area (Å²) in [5.41, 5.74) is 3.16. The minimum Gasteiger partial charge on any atom is -0.507 e. The van der Waals surface area contributed by atoms with Gasteiger partial charge in [0.25, 0.3) is 0 Å². The second-order valence-electron chi connectivity index (χ2n) is 5.49. The van der Waals surface area contributed by atoms with Crippen molar-refractivity contribution in [1.29, 1.82) is 0 Å². The summed E-state index contributed by atoms with van der Waals surface area (Å²) < 4.78 is 0. The first-order valence-corrected chi connectivity index (χ1v) is 7.63. The lowest BCUT2D eigenvalue weighted by molar-refractivity contribution is 0.271. The number of hydrogen-bond donors (Lipinski definition) is 1. The highest BCUT2D eigenvalue weighted by Gasteiger charge is 2.17. The quantitative estimate of drug-likeness (QED) is 0.936. The zero-order valence-corrected chi connectivity index (χ0v) is 12.5. The maximum atomic E-state index is 10.1. The summed E-state index contributed by atoms with van der Waals surface area (Å²) >= 11 is 0. The molecule has 0 atom stereocenters. The number of piperazine rings is 1. The molecule has 2 aromatic rings. The van der Waals surface area contributed by atoms with Crippen molar-refractivity contribution in [2.45, 2.75) is 6.92 Å². The molecule has 0 bridgehead atoms. The predicted octanol–water partition coefficient (Wildman–Crippen LogP) is 3.20. The van der Waals surface area contributed by atoms with E-state index in [1.54, 1.807) is 0 Å². The van der Waals surface area contributed by atoms with E-state index in [1.807, 2.05) is 42.5 Å². The Balaban J connectivity index is 1.85. The van der Waals surface area contributed by atoms with Gasteiger partial charge < -0.3 is 14.9 Å². The van der Waals surface area contributed by atoms with E-state index >= 15 is 0 Å². The molecule has 0 amide bonds. The van der Waals surface area contributed by atoms with Crippen LogP contribution in [0.4, 0.5) is 5.69 Å². The number of likely N-dealkylation sites (N-methyl/N-ethyl adjacent to an activating group) is 1. The molecule has 21 heavy (non-hydrogen) atoms. The SMILES string of the molecule is CCN1CCN(c2ccc(O)c(-c3ccccc3)c2)CC1. The molecule has 1 N–H and O–H groups in total. The molecule has 3 nitrogen and oxygen atoms in total. The summed E-state index contributed by atoms with van der Waals surface area (Å²) in [6.07, 6.45) is 0. The van der Waals surface area contributed by atoms with Crippen molar-refractivity contribution in [2.24, 2.45) is 0 Å². The monoisotopic (exact) mass is 282 g/mol. The molecule has 1 aliphatic rings. The van der Waals surface area contributed by atoms with E-state index < -0.39 is 0 Å². The zero-order valence-electron chi connectivity index (χ0n) is 12.5. The minimum atomic E-state index is 0.345. The first-order chi connectivity index (χ1) is 10.3. The van der Waals surface area contributed by atoms with Crippen LogP contribution in [0.25, 0.3) is 11.1 Å². The Morgan fingerprint density at radius 3 is 2.33 bits per heavy atom. The van der Waals surface area contributed by atoms with Crippen molar-refractivity contribution in [2.75, 3.05) is 37.6 Å². The van der Waals surface area contributed by atoms with Crippen LogP contribution in [0, 0.1) is 0 Å². The van der Waals surface area contributed by atoms with Crippen LogP contribution in [-0.2, 0) is 0 Å². The second kappa shape index (κ2) is 6.19. The standard InChI is InChI=1S/C18H22N2O/c1-2-19-10-12-20(13-11-19)16-8-9-18(21)17(14-16)15-6-4-3-5-7-15/h3-9,14,21H,2,10-13H2,1H3. The molecule has 0 spiro atoms. The number of anilines is 1. The fourth-order valence-corrected chi connectivity index (χ4v) is 2.89. The summed E-state index contributed by atoms with van der Waals surface area (Å²) in [4.78, 5) is 4.87. The zero-order chi connectivity index (χ0) is 14.7. The molecule has 0 unspecified atom stereocenters. The Hall–Kier alpha value is -2.00. The molecule has 0 saturated carbocycles. The number of benzene rings is 2. The van der Waals surface area contributed by atoms with Gasteiger partial charge in [-0.1, -0.05) is 37.3 Å². The van der Waals surface area contributed by atoms with Crippen molar-refractivity contribution >= 4 is 5.69 Å². The van der Waals surface area contributed by atoms with Gasteiger partial charge in [0.1, 0.15) is 5.75 Å². The first-order valence-electron chi connectivity index (χ1n) is 7.63. The fourth-order valence-electron chi connectivity index (χ4n) is 2.89. The molecule has 1 aliphatic heterocycles. The lowest BCUT2D eigenvalue weighted by atomic mass is 10.0. The van der Waals surface area contributed by atoms with Crippen LogP contribution in [0.15, 0.2) is 48.5 Å². The average Bonchev–Trinajstić information content (AvgIpc) is 2.56. The van der Waals surface area contributed by atoms with E-state index in [9.17, 15) is 5.11 Å². The highest BCUT2D eigenvalue weighted by molar-refractivity contribution is 5.74. The molecule has 1 fully saturated rings. The molecule has 3 rings (SSSR count). The summed E-state index contributed by atoms with van der Waals surface area (Å²) in [6.45, 7) is 7.65. The maximum absolute atomic E-state index is 10.1. The minimum absolute atomic E-state index is 0.345. The number of hydrogen-bond acceptors (Lipinski definition) is 3. The number of aromatic hydroxyl groups is 1. The Morgan fingerprint density at radius 1 is 0.952 bits per heavy atom. The molecule has 110 valence electrons. The van der Waals surface area contributed by atoms with E-state index in [0.29, 0.717) is 5.75 Å². The van der Waals surface area contributed by atoms with E-state index in [2.05, 4.69) is 22.8 Å². The molecule has 0 radical (unpaired) electrons. The van der Waals surface area contributed by atoms with Gasteiger partial charge in [-0.3, -0.25) is 0 Å². The van der Waals surface area contributed by atoms with Crippen LogP contribution in [0.3, 0.4) is 0 Å². The van der Waals surface area contributed by atoms with Crippen LogP contribution in [-0.4, -0.2) is 42.7 Å². The number of nitrogens with zero attached hydrogens (tertiary/aromatic N) is 2. The average molecular weight is 282 g/mol. The van der Waals surface area contributed by atoms with Gasteiger partial charge in [0, 0.05) is 37.4 Å². The third-order valence-electron chi connectivity index (χ3n) is 4.25. The van der Waals surface area contributed by atoms with Crippen LogP contribution in [0.5, 0.6) is 5.75 Å². The third-order valence-corrected chi connectivity index (χ3v) is 4.25. The number of phenols is 1. The normalized spacial score (nSPS) is 16.1. The largest absolute Gasteiger partial charge is 0.507 e. The first kappa shape index (κ1) is 14.0. The second-order valence-corrected chi connectivity index (χ2v) is 5.49. The van der Waals surface area contributed by atoms with Gasteiger partial charge in [0.2, 0.25) is 0 Å². The molecular formula is C18H22N2O. The lowest BCUT2D eigenvalue weighted by Crippen LogP contribution is -2.46. The van der Waals surface area contributed by atoms with Crippen LogP contribution >= 0.6 is 0 Å². The lowest BCUT2D eigenvalue weighted by Gasteiger charge is -2.35. The molecule has 1 heterocycles. The van der Waals surface area contributed by atoms with Gasteiger partial charge in [-0.15, -0.1) is 0 Å². The Morgan fingerprint density at radius 2 is 1.67 bits per heavy atom. The molecule has 0 aliphatic carbocycles. The van der Waals surface area contributed by atoms with E-state index in [4.69, 9.17) is 0 Å². The van der Waals surface area contributed by atoms with E-state index in [-0.39, 0.29) is 0 Å². The third kappa shape index (κ3) is 3.03. The highest BCUT2D eigenvalue weighted by Crippen LogP contribution is 2.33. The van der Waals surface area contributed by atoms with Crippen molar-refractivity contribution in [1.82, 2.24) is 4.90 Å². The summed E-state index contributed by atoms with van der Waals surface area (Å²) in [5, 5.41) is 10.1. The molecule has 2 aromatic carbocycles. The fraction of sp³-hybridized carbons (Fsp3) is 0.333. The topological polar surface area (TPSA) is 26.7 Å². The molecule has 3 heteroatoms. The number of phenolic OH excluding ortho intramolecular Hbond substituents is 1. The summed E-state index contributed by atoms with van der Waals surface area (Å²) in [7, 11) is 0. The van der Waals surface area contributed by atoms with Gasteiger partial charge >= 0.3 is 0 Å². The van der Waals surface area contributed by atoms with E-state index in [0.717, 1.165) is 43.9 Å². The number of rotatable bonds is 3. The van der Waals surface area contributed by atoms with Crippen molar-refractivity contribution in [3.8, 4) is 16.9 Å². The Bertz CT molecular complexity index is 589. The Kier molecular flexibility index (Phi) is 4.11. The molecular weight excluding hydrogens is 260 g/mol. The van der Waals surface area contributed by atoms with Crippen molar-refractivity contribution in [3.05, 3.63) is 48.5 Å². The smallest absolute Gasteiger partial charge is 0.123 e. The van der Waals surface area contributed by atoms with Gasteiger partial charge in [0.05, 0.1) is 0 Å². The van der Waals surface area contributed by atoms with Gasteiger partial charge in [-0.25, -0.2) is 0 Å². The molecule has 1 saturated heterocycles. The van der Waals surface area contributed by atoms with Crippen LogP contribution in [0.2, 0.25) is 0 Å². The van der Waals surface area contributed by atoms with Crippen LogP contribution in [0.1, 0.15) is 6.92 Å². The van der Waals surface area contributed by atoms with E-state index in [1.165, 1.54) is 5.69 Å². The maximum Gasteiger partial charge on any atom is 0.123 e. The summed E-state index contributed by atoms with van der Waals surface area (Å²) in [5.74, 6) is 0.345.